The zero-order valence-corrected chi connectivity index (χ0v) is 14.9. The van der Waals surface area contributed by atoms with Crippen molar-refractivity contribution < 1.29 is 9.59 Å². The first kappa shape index (κ1) is 17.0. The molecule has 1 fully saturated rings. The van der Waals surface area contributed by atoms with Crippen LogP contribution < -0.4 is 0 Å². The number of hydrogen-bond donors (Lipinski definition) is 0. The van der Waals surface area contributed by atoms with E-state index in [-0.39, 0.29) is 11.8 Å². The second-order valence-electron chi connectivity index (χ2n) is 7.29. The van der Waals surface area contributed by atoms with Gasteiger partial charge in [0.25, 0.3) is 11.8 Å². The molecular weight excluding hydrogens is 324 g/mol. The summed E-state index contributed by atoms with van der Waals surface area (Å²) in [7, 11) is 0. The maximum atomic E-state index is 12.5. The van der Waals surface area contributed by atoms with Gasteiger partial charge < -0.3 is 4.90 Å². The summed E-state index contributed by atoms with van der Waals surface area (Å²) < 4.78 is 0. The first-order valence-corrected chi connectivity index (χ1v) is 9.44. The molecule has 0 atom stereocenters. The van der Waals surface area contributed by atoms with Crippen LogP contribution in [0.2, 0.25) is 0 Å². The fourth-order valence-corrected chi connectivity index (χ4v) is 3.99. The van der Waals surface area contributed by atoms with E-state index in [1.54, 1.807) is 12.1 Å². The molecule has 0 aliphatic carbocycles. The number of piperidine rings is 1. The van der Waals surface area contributed by atoms with E-state index in [1.165, 1.54) is 10.5 Å². The Labute approximate surface area is 154 Å². The largest absolute Gasteiger partial charge is 0.303 e. The third kappa shape index (κ3) is 3.42. The Bertz CT molecular complexity index is 760. The Morgan fingerprint density at radius 3 is 2.00 bits per heavy atom. The molecule has 2 amide bonds. The first-order valence-electron chi connectivity index (χ1n) is 9.44. The maximum absolute atomic E-state index is 12.5. The zero-order valence-electron chi connectivity index (χ0n) is 14.9. The number of carbonyl (C=O) groups is 2. The Morgan fingerprint density at radius 1 is 0.808 bits per heavy atom. The van der Waals surface area contributed by atoms with Gasteiger partial charge in [0.2, 0.25) is 0 Å². The van der Waals surface area contributed by atoms with Crippen LogP contribution in [-0.2, 0) is 6.42 Å². The van der Waals surface area contributed by atoms with Crippen LogP contribution in [0.4, 0.5) is 0 Å². The molecule has 2 aliphatic rings. The number of nitrogens with zero attached hydrogens (tertiary/aromatic N) is 2. The summed E-state index contributed by atoms with van der Waals surface area (Å²) in [4.78, 5) is 28.9. The lowest BCUT2D eigenvalue weighted by Crippen LogP contribution is -2.41. The van der Waals surface area contributed by atoms with Crippen LogP contribution >= 0.6 is 0 Å². The van der Waals surface area contributed by atoms with Crippen molar-refractivity contribution in [3.05, 3.63) is 71.3 Å². The summed E-state index contributed by atoms with van der Waals surface area (Å²) in [6, 6.07) is 17.7. The van der Waals surface area contributed by atoms with Crippen molar-refractivity contribution in [2.75, 3.05) is 26.2 Å². The van der Waals surface area contributed by atoms with E-state index >= 15 is 0 Å². The highest BCUT2D eigenvalue weighted by atomic mass is 16.2. The molecule has 4 heteroatoms. The molecule has 0 radical (unpaired) electrons. The molecule has 0 saturated carbocycles. The van der Waals surface area contributed by atoms with Crippen molar-refractivity contribution in [1.29, 1.82) is 0 Å². The van der Waals surface area contributed by atoms with Gasteiger partial charge in [0.15, 0.2) is 0 Å². The molecule has 4 rings (SSSR count). The van der Waals surface area contributed by atoms with Crippen LogP contribution in [0.3, 0.4) is 0 Å². The SMILES string of the molecule is O=C1c2ccccc2C(=O)N1CC1CCN(CCc2ccccc2)CC1. The fraction of sp³-hybridized carbons (Fsp3) is 0.364. The molecule has 0 spiro atoms. The van der Waals surface area contributed by atoms with Crippen LogP contribution in [0, 0.1) is 5.92 Å². The number of likely N-dealkylation sites (tertiary alicyclic amines) is 1. The molecule has 4 nitrogen and oxygen atoms in total. The average Bonchev–Trinajstić information content (AvgIpc) is 2.93. The van der Waals surface area contributed by atoms with Gasteiger partial charge in [0, 0.05) is 13.1 Å². The first-order chi connectivity index (χ1) is 12.7. The summed E-state index contributed by atoms with van der Waals surface area (Å²) in [5, 5.41) is 0. The van der Waals surface area contributed by atoms with Gasteiger partial charge in [-0.1, -0.05) is 42.5 Å². The second-order valence-corrected chi connectivity index (χ2v) is 7.29. The average molecular weight is 348 g/mol. The van der Waals surface area contributed by atoms with E-state index in [2.05, 4.69) is 29.2 Å². The maximum Gasteiger partial charge on any atom is 0.261 e. The van der Waals surface area contributed by atoms with Crippen LogP contribution in [0.5, 0.6) is 0 Å². The van der Waals surface area contributed by atoms with Crippen molar-refractivity contribution in [2.45, 2.75) is 19.3 Å². The molecule has 1 saturated heterocycles. The van der Waals surface area contributed by atoms with Crippen molar-refractivity contribution in [1.82, 2.24) is 9.80 Å². The van der Waals surface area contributed by atoms with Gasteiger partial charge in [-0.25, -0.2) is 0 Å². The monoisotopic (exact) mass is 348 g/mol. The number of benzene rings is 2. The van der Waals surface area contributed by atoms with Crippen molar-refractivity contribution >= 4 is 11.8 Å². The van der Waals surface area contributed by atoms with Crippen LogP contribution in [0.15, 0.2) is 54.6 Å². The summed E-state index contributed by atoms with van der Waals surface area (Å²) >= 11 is 0. The highest BCUT2D eigenvalue weighted by Gasteiger charge is 2.36. The summed E-state index contributed by atoms with van der Waals surface area (Å²) in [5.41, 5.74) is 2.48. The Hall–Kier alpha value is -2.46. The summed E-state index contributed by atoms with van der Waals surface area (Å²) in [6.45, 7) is 3.71. The number of hydrogen-bond acceptors (Lipinski definition) is 3. The zero-order chi connectivity index (χ0) is 17.9. The predicted molar refractivity (Wildman–Crippen MR) is 101 cm³/mol. The highest BCUT2D eigenvalue weighted by molar-refractivity contribution is 6.21. The number of amides is 2. The van der Waals surface area contributed by atoms with Gasteiger partial charge >= 0.3 is 0 Å². The van der Waals surface area contributed by atoms with Crippen molar-refractivity contribution in [3.8, 4) is 0 Å². The standard InChI is InChI=1S/C22H24N2O2/c25-21-19-8-4-5-9-20(19)22(26)24(21)16-18-11-14-23(15-12-18)13-10-17-6-2-1-3-7-17/h1-9,18H,10-16H2. The lowest BCUT2D eigenvalue weighted by atomic mass is 9.96. The number of fused-ring (bicyclic) bond motifs is 1. The van der Waals surface area contributed by atoms with E-state index in [1.807, 2.05) is 18.2 Å². The molecule has 2 aliphatic heterocycles. The van der Waals surface area contributed by atoms with E-state index in [9.17, 15) is 9.59 Å². The van der Waals surface area contributed by atoms with Crippen molar-refractivity contribution in [3.63, 3.8) is 0 Å². The Balaban J connectivity index is 1.28. The van der Waals surface area contributed by atoms with Gasteiger partial charge in [0.05, 0.1) is 11.1 Å². The van der Waals surface area contributed by atoms with Crippen LogP contribution in [0.25, 0.3) is 0 Å². The normalized spacial score (nSPS) is 18.4. The molecule has 134 valence electrons. The third-order valence-electron chi connectivity index (χ3n) is 5.59. The number of imide groups is 1. The molecule has 2 aromatic rings. The van der Waals surface area contributed by atoms with Gasteiger partial charge in [-0.3, -0.25) is 14.5 Å². The summed E-state index contributed by atoms with van der Waals surface area (Å²) in [6.07, 6.45) is 3.16. The molecular formula is C22H24N2O2. The second kappa shape index (κ2) is 7.42. The highest BCUT2D eigenvalue weighted by Crippen LogP contribution is 2.26. The molecule has 2 aromatic carbocycles. The van der Waals surface area contributed by atoms with Crippen molar-refractivity contribution in [2.24, 2.45) is 5.92 Å². The van der Waals surface area contributed by atoms with Gasteiger partial charge in [-0.2, -0.15) is 0 Å². The van der Waals surface area contributed by atoms with Crippen LogP contribution in [-0.4, -0.2) is 47.8 Å². The minimum atomic E-state index is -0.128. The quantitative estimate of drug-likeness (QED) is 0.779. The molecule has 2 heterocycles. The minimum absolute atomic E-state index is 0.128. The molecule has 0 bridgehead atoms. The lowest BCUT2D eigenvalue weighted by Gasteiger charge is -2.33. The van der Waals surface area contributed by atoms with E-state index in [4.69, 9.17) is 0 Å². The number of carbonyl (C=O) groups excluding carboxylic acids is 2. The molecule has 0 aromatic heterocycles. The summed E-state index contributed by atoms with van der Waals surface area (Å²) in [5.74, 6) is 0.152. The minimum Gasteiger partial charge on any atom is -0.303 e. The molecule has 26 heavy (non-hydrogen) atoms. The molecule has 0 N–H and O–H groups in total. The predicted octanol–water partition coefficient (Wildman–Crippen LogP) is 3.24. The Kier molecular flexibility index (Phi) is 4.85. The Morgan fingerprint density at radius 2 is 1.38 bits per heavy atom. The molecule has 0 unspecified atom stereocenters. The van der Waals surface area contributed by atoms with E-state index in [0.717, 1.165) is 38.9 Å². The van der Waals surface area contributed by atoms with E-state index < -0.39 is 0 Å². The third-order valence-corrected chi connectivity index (χ3v) is 5.59. The van der Waals surface area contributed by atoms with E-state index in [0.29, 0.717) is 23.6 Å². The lowest BCUT2D eigenvalue weighted by molar-refractivity contribution is 0.0598. The topological polar surface area (TPSA) is 40.6 Å². The fourth-order valence-electron chi connectivity index (χ4n) is 3.99. The van der Waals surface area contributed by atoms with Gasteiger partial charge in [0.1, 0.15) is 0 Å². The number of rotatable bonds is 5. The van der Waals surface area contributed by atoms with Gasteiger partial charge in [-0.15, -0.1) is 0 Å². The van der Waals surface area contributed by atoms with Gasteiger partial charge in [-0.05, 0) is 56.0 Å². The van der Waals surface area contributed by atoms with Crippen LogP contribution in [0.1, 0.15) is 39.1 Å². The smallest absolute Gasteiger partial charge is 0.261 e.